The zero-order valence-electron chi connectivity index (χ0n) is 24.0. The zero-order valence-corrected chi connectivity index (χ0v) is 25.5. The number of rotatable bonds is 13. The van der Waals surface area contributed by atoms with Gasteiger partial charge >= 0.3 is 0 Å². The summed E-state index contributed by atoms with van der Waals surface area (Å²) in [6.45, 7) is 11.6. The van der Waals surface area contributed by atoms with Gasteiger partial charge in [-0.15, -0.1) is 6.58 Å². The molecule has 2 saturated heterocycles. The van der Waals surface area contributed by atoms with Crippen molar-refractivity contribution in [3.63, 3.8) is 0 Å². The lowest BCUT2D eigenvalue weighted by Gasteiger charge is -2.36. The second-order valence-corrected chi connectivity index (χ2v) is 11.5. The van der Waals surface area contributed by atoms with Gasteiger partial charge in [0.2, 0.25) is 0 Å². The van der Waals surface area contributed by atoms with Crippen LogP contribution in [0.2, 0.25) is 10.0 Å². The van der Waals surface area contributed by atoms with E-state index in [2.05, 4.69) is 58.3 Å². The summed E-state index contributed by atoms with van der Waals surface area (Å²) in [5.74, 6) is -0.133. The first kappa shape index (κ1) is 30.8. The molecule has 0 radical (unpaired) electrons. The van der Waals surface area contributed by atoms with Gasteiger partial charge in [-0.1, -0.05) is 65.7 Å². The third-order valence-electron chi connectivity index (χ3n) is 7.60. The number of piperazine rings is 1. The van der Waals surface area contributed by atoms with E-state index in [0.717, 1.165) is 50.5 Å². The molecule has 0 saturated carbocycles. The molecule has 2 aliphatic heterocycles. The molecule has 9 heteroatoms. The average molecular weight is 613 g/mol. The van der Waals surface area contributed by atoms with Gasteiger partial charge in [0.15, 0.2) is 5.79 Å². The molecular weight excluding hydrogens is 573 g/mol. The summed E-state index contributed by atoms with van der Waals surface area (Å²) in [5, 5.41) is 3.40. The first-order valence-electron chi connectivity index (χ1n) is 14.4. The Morgan fingerprint density at radius 1 is 1.05 bits per heavy atom. The van der Waals surface area contributed by atoms with Crippen LogP contribution in [-0.2, 0) is 20.0 Å². The van der Waals surface area contributed by atoms with Crippen LogP contribution in [0.4, 0.5) is 5.69 Å². The van der Waals surface area contributed by atoms with Gasteiger partial charge in [-0.05, 0) is 55.3 Å². The number of halogens is 2. The Morgan fingerprint density at radius 3 is 2.52 bits per heavy atom. The summed E-state index contributed by atoms with van der Waals surface area (Å²) in [6, 6.07) is 23.9. The van der Waals surface area contributed by atoms with Crippen LogP contribution in [-0.4, -0.2) is 63.7 Å². The van der Waals surface area contributed by atoms with E-state index < -0.39 is 5.79 Å². The zero-order chi connectivity index (χ0) is 29.4. The first-order chi connectivity index (χ1) is 20.4. The monoisotopic (exact) mass is 611 g/mol. The van der Waals surface area contributed by atoms with E-state index in [1.54, 1.807) is 18.2 Å². The van der Waals surface area contributed by atoms with Crippen LogP contribution < -0.4 is 15.1 Å². The number of hydrogen-bond donors (Lipinski definition) is 1. The number of benzene rings is 3. The van der Waals surface area contributed by atoms with E-state index in [9.17, 15) is 0 Å². The molecule has 2 heterocycles. The largest absolute Gasteiger partial charge is 0.491 e. The molecule has 5 rings (SSSR count). The molecular formula is C33H39Cl2N3O4. The summed E-state index contributed by atoms with van der Waals surface area (Å²) < 4.78 is 24.2. The Balaban J connectivity index is 1.03. The Hall–Kier alpha value is -2.62. The van der Waals surface area contributed by atoms with Crippen molar-refractivity contribution in [3.8, 4) is 5.75 Å². The number of hydrazine groups is 1. The van der Waals surface area contributed by atoms with Crippen LogP contribution in [0.3, 0.4) is 0 Å². The van der Waals surface area contributed by atoms with Crippen molar-refractivity contribution in [2.45, 2.75) is 31.3 Å². The smallest absolute Gasteiger partial charge is 0.194 e. The van der Waals surface area contributed by atoms with Gasteiger partial charge < -0.3 is 23.8 Å². The minimum Gasteiger partial charge on any atom is -0.491 e. The van der Waals surface area contributed by atoms with Crippen molar-refractivity contribution >= 4 is 28.9 Å². The summed E-state index contributed by atoms with van der Waals surface area (Å²) in [5.41, 5.74) is 6.73. The van der Waals surface area contributed by atoms with E-state index in [0.29, 0.717) is 29.9 Å². The standard InChI is InChI=1S/C33H39Cl2N3O4/c1-3-21-39-32(25-7-5-4-6-8-25)15-16-36-38-19-17-37(18-20-38)27-10-12-28(13-11-27)40-23-29-24-41-33(2,42-29)30-14-9-26(34)22-31(30)35/h3-14,22,29,32,36H,1,15-21,23-24H2,2H3/t29-,32?,33+/m1/s1. The number of ether oxygens (including phenoxy) is 4. The van der Waals surface area contributed by atoms with Crippen LogP contribution in [0, 0.1) is 0 Å². The molecule has 2 fully saturated rings. The quantitative estimate of drug-likeness (QED) is 0.218. The number of nitrogens with zero attached hydrogens (tertiary/aromatic N) is 2. The van der Waals surface area contributed by atoms with Crippen molar-refractivity contribution in [3.05, 3.63) is 107 Å². The highest BCUT2D eigenvalue weighted by atomic mass is 35.5. The van der Waals surface area contributed by atoms with Gasteiger partial charge in [-0.25, -0.2) is 5.01 Å². The lowest BCUT2D eigenvalue weighted by Crippen LogP contribution is -2.52. The highest BCUT2D eigenvalue weighted by molar-refractivity contribution is 6.35. The van der Waals surface area contributed by atoms with Crippen LogP contribution in [0.25, 0.3) is 0 Å². The Morgan fingerprint density at radius 2 is 1.81 bits per heavy atom. The second kappa shape index (κ2) is 14.7. The molecule has 0 spiro atoms. The predicted molar refractivity (Wildman–Crippen MR) is 168 cm³/mol. The van der Waals surface area contributed by atoms with Crippen molar-refractivity contribution in [1.29, 1.82) is 0 Å². The molecule has 3 atom stereocenters. The second-order valence-electron chi connectivity index (χ2n) is 10.6. The van der Waals surface area contributed by atoms with E-state index >= 15 is 0 Å². The molecule has 0 bridgehead atoms. The highest BCUT2D eigenvalue weighted by Gasteiger charge is 2.40. The van der Waals surface area contributed by atoms with Crippen LogP contribution in [0.5, 0.6) is 5.75 Å². The first-order valence-corrected chi connectivity index (χ1v) is 15.2. The number of hydrogen-bond acceptors (Lipinski definition) is 7. The molecule has 42 heavy (non-hydrogen) atoms. The summed E-state index contributed by atoms with van der Waals surface area (Å²) in [6.07, 6.45) is 2.54. The third-order valence-corrected chi connectivity index (χ3v) is 8.15. The topological polar surface area (TPSA) is 55.4 Å². The maximum Gasteiger partial charge on any atom is 0.194 e. The van der Waals surface area contributed by atoms with Crippen LogP contribution in [0.1, 0.15) is 30.6 Å². The summed E-state index contributed by atoms with van der Waals surface area (Å²) in [7, 11) is 0. The predicted octanol–water partition coefficient (Wildman–Crippen LogP) is 6.62. The molecule has 7 nitrogen and oxygen atoms in total. The minimum atomic E-state index is -0.931. The fraction of sp³-hybridized carbons (Fsp3) is 0.394. The van der Waals surface area contributed by atoms with Crippen molar-refractivity contribution in [2.24, 2.45) is 0 Å². The molecule has 1 N–H and O–H groups in total. The Bertz CT molecular complexity index is 1290. The van der Waals surface area contributed by atoms with Crippen LogP contribution in [0.15, 0.2) is 85.5 Å². The number of anilines is 1. The van der Waals surface area contributed by atoms with E-state index in [4.69, 9.17) is 42.1 Å². The maximum atomic E-state index is 6.38. The molecule has 3 aromatic rings. The molecule has 0 aromatic heterocycles. The van der Waals surface area contributed by atoms with Gasteiger partial charge in [0.25, 0.3) is 0 Å². The van der Waals surface area contributed by atoms with Gasteiger partial charge in [0, 0.05) is 49.0 Å². The van der Waals surface area contributed by atoms with Crippen molar-refractivity contribution in [2.75, 3.05) is 57.4 Å². The maximum absolute atomic E-state index is 6.38. The SMILES string of the molecule is C=CCOC(CCNN1CCN(c2ccc(OC[C@@H]3CO[C@](C)(c4ccc(Cl)cc4Cl)O3)cc2)CC1)c1ccccc1. The normalized spacial score (nSPS) is 21.8. The lowest BCUT2D eigenvalue weighted by molar-refractivity contribution is -0.164. The van der Waals surface area contributed by atoms with Crippen molar-refractivity contribution < 1.29 is 18.9 Å². The van der Waals surface area contributed by atoms with Gasteiger partial charge in [0.1, 0.15) is 18.5 Å². The van der Waals surface area contributed by atoms with E-state index in [-0.39, 0.29) is 12.2 Å². The van der Waals surface area contributed by atoms with E-state index in [1.807, 2.05) is 31.2 Å². The van der Waals surface area contributed by atoms with Crippen LogP contribution >= 0.6 is 23.2 Å². The minimum absolute atomic E-state index is 0.0537. The average Bonchev–Trinajstić information content (AvgIpc) is 3.40. The lowest BCUT2D eigenvalue weighted by atomic mass is 10.1. The van der Waals surface area contributed by atoms with Crippen molar-refractivity contribution in [1.82, 2.24) is 10.4 Å². The molecule has 1 unspecified atom stereocenters. The summed E-state index contributed by atoms with van der Waals surface area (Å²) >= 11 is 12.4. The molecule has 3 aromatic carbocycles. The molecule has 0 amide bonds. The third kappa shape index (κ3) is 8.05. The Kier molecular flexibility index (Phi) is 10.8. The van der Waals surface area contributed by atoms with Gasteiger partial charge in [-0.3, -0.25) is 5.43 Å². The van der Waals surface area contributed by atoms with E-state index in [1.165, 1.54) is 11.3 Å². The molecule has 0 aliphatic carbocycles. The summed E-state index contributed by atoms with van der Waals surface area (Å²) in [4.78, 5) is 2.40. The molecule has 224 valence electrons. The fourth-order valence-corrected chi connectivity index (χ4v) is 5.92. The fourth-order valence-electron chi connectivity index (χ4n) is 5.34. The highest BCUT2D eigenvalue weighted by Crippen LogP contribution is 2.38. The number of nitrogens with one attached hydrogen (secondary N) is 1. The van der Waals surface area contributed by atoms with Gasteiger partial charge in [0.05, 0.1) is 24.3 Å². The molecule has 2 aliphatic rings. The van der Waals surface area contributed by atoms with Gasteiger partial charge in [-0.2, -0.15) is 0 Å². The Labute approximate surface area is 258 Å².